The molecule has 1 rings (SSSR count). The van der Waals surface area contributed by atoms with Crippen LogP contribution >= 0.6 is 11.8 Å². The van der Waals surface area contributed by atoms with Gasteiger partial charge in [-0.2, -0.15) is 0 Å². The van der Waals surface area contributed by atoms with E-state index in [1.807, 2.05) is 11.8 Å². The van der Waals surface area contributed by atoms with Gasteiger partial charge in [0.15, 0.2) is 5.17 Å². The van der Waals surface area contributed by atoms with Crippen LogP contribution in [-0.2, 0) is 0 Å². The summed E-state index contributed by atoms with van der Waals surface area (Å²) >= 11 is 1.90. The van der Waals surface area contributed by atoms with Crippen LogP contribution in [0.25, 0.3) is 0 Å². The SMILES string of the molecule is CCCCCCCCCCN=C1NC(C)(CC)CCS1. The van der Waals surface area contributed by atoms with E-state index in [1.165, 1.54) is 75.1 Å². The maximum Gasteiger partial charge on any atom is 0.156 e. The topological polar surface area (TPSA) is 24.4 Å². The summed E-state index contributed by atoms with van der Waals surface area (Å²) in [5.41, 5.74) is 0.281. The number of thioether (sulfide) groups is 1. The second-order valence-electron chi connectivity index (χ2n) is 6.30. The van der Waals surface area contributed by atoms with Gasteiger partial charge in [-0.25, -0.2) is 0 Å². The van der Waals surface area contributed by atoms with Gasteiger partial charge in [-0.15, -0.1) is 0 Å². The van der Waals surface area contributed by atoms with Crippen molar-refractivity contribution < 1.29 is 0 Å². The third-order valence-corrected chi connectivity index (χ3v) is 5.26. The smallest absolute Gasteiger partial charge is 0.156 e. The van der Waals surface area contributed by atoms with Gasteiger partial charge < -0.3 is 5.32 Å². The minimum Gasteiger partial charge on any atom is -0.360 e. The Hall–Kier alpha value is -0.180. The number of nitrogens with zero attached hydrogens (tertiary/aromatic N) is 1. The summed E-state index contributed by atoms with van der Waals surface area (Å²) in [6, 6.07) is 0. The Morgan fingerprint density at radius 2 is 1.70 bits per heavy atom. The highest BCUT2D eigenvalue weighted by atomic mass is 32.2. The molecule has 1 saturated heterocycles. The second-order valence-corrected chi connectivity index (χ2v) is 7.38. The van der Waals surface area contributed by atoms with Crippen molar-refractivity contribution >= 4 is 16.9 Å². The molecule has 118 valence electrons. The van der Waals surface area contributed by atoms with Gasteiger partial charge in [0.25, 0.3) is 0 Å². The average molecular weight is 299 g/mol. The van der Waals surface area contributed by atoms with Gasteiger partial charge in [0, 0.05) is 17.8 Å². The number of nitrogens with one attached hydrogen (secondary N) is 1. The minimum absolute atomic E-state index is 0.281. The summed E-state index contributed by atoms with van der Waals surface area (Å²) in [6.07, 6.45) is 13.4. The van der Waals surface area contributed by atoms with Gasteiger partial charge in [-0.1, -0.05) is 70.6 Å². The number of rotatable bonds is 10. The summed E-state index contributed by atoms with van der Waals surface area (Å²) in [6.45, 7) is 7.86. The summed E-state index contributed by atoms with van der Waals surface area (Å²) in [7, 11) is 0. The van der Waals surface area contributed by atoms with E-state index in [-0.39, 0.29) is 5.54 Å². The van der Waals surface area contributed by atoms with E-state index in [2.05, 4.69) is 26.1 Å². The maximum atomic E-state index is 4.74. The standard InChI is InChI=1S/C17H34N2S/c1-4-6-7-8-9-10-11-12-14-18-16-19-17(3,5-2)13-15-20-16/h4-15H2,1-3H3,(H,18,19). The van der Waals surface area contributed by atoms with Gasteiger partial charge in [0.1, 0.15) is 0 Å². The van der Waals surface area contributed by atoms with Crippen LogP contribution in [-0.4, -0.2) is 23.0 Å². The molecular formula is C17H34N2S. The molecule has 0 aromatic heterocycles. The molecule has 0 aromatic carbocycles. The Bertz CT molecular complexity index is 278. The highest BCUT2D eigenvalue weighted by Crippen LogP contribution is 2.24. The fraction of sp³-hybridized carbons (Fsp3) is 0.941. The van der Waals surface area contributed by atoms with Crippen LogP contribution < -0.4 is 5.32 Å². The molecule has 3 heteroatoms. The van der Waals surface area contributed by atoms with Crippen LogP contribution in [0.5, 0.6) is 0 Å². The molecule has 1 aliphatic heterocycles. The largest absolute Gasteiger partial charge is 0.360 e. The number of hydrogen-bond acceptors (Lipinski definition) is 2. The van der Waals surface area contributed by atoms with Crippen LogP contribution in [0.15, 0.2) is 4.99 Å². The molecular weight excluding hydrogens is 264 g/mol. The summed E-state index contributed by atoms with van der Waals surface area (Å²) in [5, 5.41) is 4.80. The lowest BCUT2D eigenvalue weighted by atomic mass is 9.96. The zero-order valence-corrected chi connectivity index (χ0v) is 14.7. The maximum absolute atomic E-state index is 4.74. The molecule has 0 aliphatic carbocycles. The van der Waals surface area contributed by atoms with Crippen molar-refractivity contribution in [3.63, 3.8) is 0 Å². The molecule has 0 radical (unpaired) electrons. The predicted octanol–water partition coefficient (Wildman–Crippen LogP) is 5.38. The fourth-order valence-corrected chi connectivity index (χ4v) is 3.75. The second kappa shape index (κ2) is 10.5. The van der Waals surface area contributed by atoms with E-state index in [4.69, 9.17) is 4.99 Å². The van der Waals surface area contributed by atoms with Gasteiger partial charge in [-0.3, -0.25) is 4.99 Å². The highest BCUT2D eigenvalue weighted by Gasteiger charge is 2.27. The monoisotopic (exact) mass is 298 g/mol. The first-order valence-electron chi connectivity index (χ1n) is 8.65. The molecule has 0 spiro atoms. The quantitative estimate of drug-likeness (QED) is 0.548. The molecule has 1 N–H and O–H groups in total. The zero-order chi connectivity index (χ0) is 14.7. The van der Waals surface area contributed by atoms with E-state index < -0.39 is 0 Å². The summed E-state index contributed by atoms with van der Waals surface area (Å²) in [4.78, 5) is 4.74. The van der Waals surface area contributed by atoms with Crippen LogP contribution in [0.3, 0.4) is 0 Å². The highest BCUT2D eigenvalue weighted by molar-refractivity contribution is 8.13. The van der Waals surface area contributed by atoms with Crippen molar-refractivity contribution in [2.24, 2.45) is 4.99 Å². The van der Waals surface area contributed by atoms with Crippen molar-refractivity contribution in [3.05, 3.63) is 0 Å². The molecule has 0 bridgehead atoms. The van der Waals surface area contributed by atoms with Crippen molar-refractivity contribution in [1.82, 2.24) is 5.32 Å². The number of aliphatic imine (C=N–C) groups is 1. The molecule has 0 amide bonds. The van der Waals surface area contributed by atoms with E-state index in [1.54, 1.807) is 0 Å². The lowest BCUT2D eigenvalue weighted by molar-refractivity contribution is 0.390. The van der Waals surface area contributed by atoms with Crippen molar-refractivity contribution in [1.29, 1.82) is 0 Å². The average Bonchev–Trinajstić information content (AvgIpc) is 2.46. The first-order chi connectivity index (χ1) is 9.70. The van der Waals surface area contributed by atoms with Crippen molar-refractivity contribution in [3.8, 4) is 0 Å². The van der Waals surface area contributed by atoms with Gasteiger partial charge in [0.05, 0.1) is 0 Å². The van der Waals surface area contributed by atoms with Crippen LogP contribution in [0, 0.1) is 0 Å². The third-order valence-electron chi connectivity index (χ3n) is 4.35. The van der Waals surface area contributed by atoms with E-state index in [0.717, 1.165) is 6.54 Å². The summed E-state index contributed by atoms with van der Waals surface area (Å²) < 4.78 is 0. The van der Waals surface area contributed by atoms with E-state index in [9.17, 15) is 0 Å². The molecule has 1 fully saturated rings. The minimum atomic E-state index is 0.281. The molecule has 1 heterocycles. The lowest BCUT2D eigenvalue weighted by Gasteiger charge is -2.35. The Kier molecular flexibility index (Phi) is 9.41. The molecule has 0 aromatic rings. The van der Waals surface area contributed by atoms with Crippen LogP contribution in [0.2, 0.25) is 0 Å². The molecule has 1 aliphatic rings. The summed E-state index contributed by atoms with van der Waals surface area (Å²) in [5.74, 6) is 1.22. The Morgan fingerprint density at radius 3 is 2.35 bits per heavy atom. The lowest BCUT2D eigenvalue weighted by Crippen LogP contribution is -2.48. The van der Waals surface area contributed by atoms with E-state index in [0.29, 0.717) is 0 Å². The third kappa shape index (κ3) is 7.56. The fourth-order valence-electron chi connectivity index (χ4n) is 2.51. The Morgan fingerprint density at radius 1 is 1.05 bits per heavy atom. The zero-order valence-electron chi connectivity index (χ0n) is 13.8. The van der Waals surface area contributed by atoms with Crippen LogP contribution in [0.1, 0.15) is 85.0 Å². The molecule has 1 unspecified atom stereocenters. The first-order valence-corrected chi connectivity index (χ1v) is 9.64. The van der Waals surface area contributed by atoms with Gasteiger partial charge >= 0.3 is 0 Å². The van der Waals surface area contributed by atoms with Gasteiger partial charge in [-0.05, 0) is 26.2 Å². The Labute approximate surface area is 130 Å². The number of unbranched alkanes of at least 4 members (excludes halogenated alkanes) is 7. The molecule has 0 saturated carbocycles. The number of amidine groups is 1. The first kappa shape index (κ1) is 17.9. The molecule has 1 atom stereocenters. The molecule has 2 nitrogen and oxygen atoms in total. The number of hydrogen-bond donors (Lipinski definition) is 1. The van der Waals surface area contributed by atoms with Gasteiger partial charge in [0.2, 0.25) is 0 Å². The van der Waals surface area contributed by atoms with Crippen molar-refractivity contribution in [2.75, 3.05) is 12.3 Å². The van der Waals surface area contributed by atoms with E-state index >= 15 is 0 Å². The Balaban J connectivity index is 2.03. The predicted molar refractivity (Wildman–Crippen MR) is 93.8 cm³/mol. The molecule has 20 heavy (non-hydrogen) atoms. The normalized spacial score (nSPS) is 24.9. The van der Waals surface area contributed by atoms with Crippen LogP contribution in [0.4, 0.5) is 0 Å². The van der Waals surface area contributed by atoms with Crippen molar-refractivity contribution in [2.45, 2.75) is 90.5 Å².